The van der Waals surface area contributed by atoms with Crippen LogP contribution in [0.4, 0.5) is 5.69 Å². The van der Waals surface area contributed by atoms with Crippen molar-refractivity contribution in [1.82, 2.24) is 10.3 Å². The summed E-state index contributed by atoms with van der Waals surface area (Å²) < 4.78 is 0.989. The Morgan fingerprint density at radius 1 is 1.15 bits per heavy atom. The lowest BCUT2D eigenvalue weighted by molar-refractivity contribution is 0.452. The van der Waals surface area contributed by atoms with Crippen LogP contribution in [0.15, 0.2) is 52.3 Å². The van der Waals surface area contributed by atoms with Gasteiger partial charge in [-0.2, -0.15) is 0 Å². The van der Waals surface area contributed by atoms with Crippen molar-refractivity contribution in [3.05, 3.63) is 67.5 Å². The molecule has 26 heavy (non-hydrogen) atoms. The van der Waals surface area contributed by atoms with Crippen LogP contribution >= 0.6 is 22.6 Å². The van der Waals surface area contributed by atoms with E-state index in [9.17, 15) is 9.90 Å². The maximum Gasteiger partial charge on any atom is 0.258 e. The summed E-state index contributed by atoms with van der Waals surface area (Å²) in [6.45, 7) is 1.07. The fourth-order valence-corrected chi connectivity index (χ4v) is 3.83. The van der Waals surface area contributed by atoms with Crippen molar-refractivity contribution in [3.8, 4) is 5.88 Å². The van der Waals surface area contributed by atoms with Gasteiger partial charge >= 0.3 is 0 Å². The maximum absolute atomic E-state index is 12.0. The molecule has 1 unspecified atom stereocenters. The Balaban J connectivity index is 1.68. The molecule has 0 spiro atoms. The SMILES string of the molecule is O=c1[nH]c(O)c(C=Nc2ccc(C3CCCN3)cc2)c2cc(I)ccc12. The number of hydrogen-bond donors (Lipinski definition) is 3. The first-order valence-corrected chi connectivity index (χ1v) is 9.61. The van der Waals surface area contributed by atoms with E-state index in [1.165, 1.54) is 18.4 Å². The van der Waals surface area contributed by atoms with Crippen molar-refractivity contribution >= 4 is 45.3 Å². The molecule has 1 aliphatic rings. The number of nitrogens with one attached hydrogen (secondary N) is 2. The zero-order chi connectivity index (χ0) is 18.1. The average molecular weight is 459 g/mol. The van der Waals surface area contributed by atoms with Gasteiger partial charge < -0.3 is 10.4 Å². The number of aliphatic imine (C=N–C) groups is 1. The zero-order valence-corrected chi connectivity index (χ0v) is 16.2. The number of nitrogens with zero attached hydrogens (tertiary/aromatic N) is 1. The highest BCUT2D eigenvalue weighted by Gasteiger charge is 2.15. The number of aromatic nitrogens is 1. The van der Waals surface area contributed by atoms with E-state index in [2.05, 4.69) is 50.0 Å². The lowest BCUT2D eigenvalue weighted by Crippen LogP contribution is -2.12. The van der Waals surface area contributed by atoms with E-state index in [1.807, 2.05) is 24.3 Å². The molecule has 1 aromatic heterocycles. The highest BCUT2D eigenvalue weighted by atomic mass is 127. The second-order valence-corrected chi connectivity index (χ2v) is 7.65. The summed E-state index contributed by atoms with van der Waals surface area (Å²) in [6.07, 6.45) is 3.98. The third-order valence-corrected chi connectivity index (χ3v) is 5.37. The normalized spacial score (nSPS) is 17.3. The van der Waals surface area contributed by atoms with Crippen LogP contribution < -0.4 is 10.9 Å². The number of rotatable bonds is 3. The standard InChI is InChI=1S/C20H18IN3O2/c21-13-5-8-15-16(10-13)17(20(26)24-19(15)25)11-23-14-6-3-12(4-7-14)18-2-1-9-22-18/h3-8,10-11,18,22H,1-2,9H2,(H2,24,25,26). The first-order valence-electron chi connectivity index (χ1n) is 8.54. The van der Waals surface area contributed by atoms with Crippen molar-refractivity contribution in [1.29, 1.82) is 0 Å². The number of hydrogen-bond acceptors (Lipinski definition) is 4. The van der Waals surface area contributed by atoms with Gasteiger partial charge in [-0.3, -0.25) is 14.8 Å². The van der Waals surface area contributed by atoms with Gasteiger partial charge in [-0.1, -0.05) is 12.1 Å². The quantitative estimate of drug-likeness (QED) is 0.409. The van der Waals surface area contributed by atoms with Gasteiger partial charge in [0.25, 0.3) is 5.56 Å². The number of aromatic hydroxyl groups is 1. The van der Waals surface area contributed by atoms with Gasteiger partial charge in [-0.15, -0.1) is 0 Å². The van der Waals surface area contributed by atoms with Gasteiger partial charge in [-0.05, 0) is 77.9 Å². The van der Waals surface area contributed by atoms with Crippen molar-refractivity contribution < 1.29 is 5.11 Å². The molecule has 3 N–H and O–H groups in total. The molecule has 1 aliphatic heterocycles. The number of H-pyrrole nitrogens is 1. The highest BCUT2D eigenvalue weighted by molar-refractivity contribution is 14.1. The maximum atomic E-state index is 12.0. The first kappa shape index (κ1) is 17.2. The predicted octanol–water partition coefficient (Wildman–Crippen LogP) is 4.01. The molecule has 1 atom stereocenters. The average Bonchev–Trinajstić information content (AvgIpc) is 3.16. The molecular formula is C20H18IN3O2. The molecule has 1 fully saturated rings. The van der Waals surface area contributed by atoms with Gasteiger partial charge in [0.1, 0.15) is 0 Å². The van der Waals surface area contributed by atoms with Crippen LogP contribution in [0.25, 0.3) is 10.8 Å². The van der Waals surface area contributed by atoms with Crippen molar-refractivity contribution in [2.45, 2.75) is 18.9 Å². The molecule has 0 aliphatic carbocycles. The minimum Gasteiger partial charge on any atom is -0.494 e. The van der Waals surface area contributed by atoms with Crippen LogP contribution in [0, 0.1) is 3.57 Å². The highest BCUT2D eigenvalue weighted by Crippen LogP contribution is 2.26. The van der Waals surface area contributed by atoms with E-state index >= 15 is 0 Å². The summed E-state index contributed by atoms with van der Waals surface area (Å²) in [5.41, 5.74) is 2.28. The summed E-state index contributed by atoms with van der Waals surface area (Å²) in [5, 5.41) is 14.9. The summed E-state index contributed by atoms with van der Waals surface area (Å²) in [5.74, 6) is -0.167. The Bertz CT molecular complexity index is 1040. The fourth-order valence-electron chi connectivity index (χ4n) is 3.34. The van der Waals surface area contributed by atoms with E-state index in [1.54, 1.807) is 12.3 Å². The van der Waals surface area contributed by atoms with Crippen LogP contribution in [-0.4, -0.2) is 22.8 Å². The van der Waals surface area contributed by atoms with E-state index < -0.39 is 0 Å². The summed E-state index contributed by atoms with van der Waals surface area (Å²) in [7, 11) is 0. The predicted molar refractivity (Wildman–Crippen MR) is 113 cm³/mol. The van der Waals surface area contributed by atoms with Crippen LogP contribution in [0.5, 0.6) is 5.88 Å². The van der Waals surface area contributed by atoms with Gasteiger partial charge in [-0.25, -0.2) is 0 Å². The molecular weight excluding hydrogens is 441 g/mol. The van der Waals surface area contributed by atoms with Crippen LogP contribution in [-0.2, 0) is 0 Å². The molecule has 3 aromatic rings. The molecule has 0 amide bonds. The molecule has 0 bridgehead atoms. The topological polar surface area (TPSA) is 77.5 Å². The molecule has 4 rings (SSSR count). The van der Waals surface area contributed by atoms with Crippen LogP contribution in [0.1, 0.15) is 30.0 Å². The minimum atomic E-state index is -0.306. The Labute approximate surface area is 164 Å². The Kier molecular flexibility index (Phi) is 4.78. The van der Waals surface area contributed by atoms with Gasteiger partial charge in [0.15, 0.2) is 0 Å². The van der Waals surface area contributed by atoms with Gasteiger partial charge in [0.2, 0.25) is 5.88 Å². The molecule has 5 nitrogen and oxygen atoms in total. The van der Waals surface area contributed by atoms with Gasteiger partial charge in [0.05, 0.1) is 11.3 Å². The van der Waals surface area contributed by atoms with Gasteiger partial charge in [0, 0.05) is 26.6 Å². The number of pyridine rings is 1. The summed E-state index contributed by atoms with van der Waals surface area (Å²) in [4.78, 5) is 19.0. The van der Waals surface area contributed by atoms with E-state index in [0.717, 1.165) is 15.8 Å². The molecule has 1 saturated heterocycles. The monoisotopic (exact) mass is 459 g/mol. The number of fused-ring (bicyclic) bond motifs is 1. The lowest BCUT2D eigenvalue weighted by Gasteiger charge is -2.10. The number of aromatic amines is 1. The third kappa shape index (κ3) is 3.39. The first-order chi connectivity index (χ1) is 12.6. The molecule has 0 saturated carbocycles. The minimum absolute atomic E-state index is 0.167. The Hall–Kier alpha value is -2.19. The summed E-state index contributed by atoms with van der Waals surface area (Å²) >= 11 is 2.19. The molecule has 0 radical (unpaired) electrons. The van der Waals surface area contributed by atoms with Crippen LogP contribution in [0.3, 0.4) is 0 Å². The van der Waals surface area contributed by atoms with E-state index in [-0.39, 0.29) is 11.4 Å². The van der Waals surface area contributed by atoms with E-state index in [0.29, 0.717) is 22.4 Å². The Morgan fingerprint density at radius 3 is 2.69 bits per heavy atom. The van der Waals surface area contributed by atoms with Crippen molar-refractivity contribution in [2.75, 3.05) is 6.54 Å². The van der Waals surface area contributed by atoms with Crippen molar-refractivity contribution in [2.24, 2.45) is 4.99 Å². The fraction of sp³-hybridized carbons (Fsp3) is 0.200. The second-order valence-electron chi connectivity index (χ2n) is 6.40. The molecule has 2 aromatic carbocycles. The number of halogens is 1. The number of benzene rings is 2. The Morgan fingerprint density at radius 2 is 1.96 bits per heavy atom. The zero-order valence-electron chi connectivity index (χ0n) is 14.0. The molecule has 2 heterocycles. The van der Waals surface area contributed by atoms with Crippen molar-refractivity contribution in [3.63, 3.8) is 0 Å². The lowest BCUT2D eigenvalue weighted by atomic mass is 10.1. The molecule has 132 valence electrons. The van der Waals surface area contributed by atoms with E-state index in [4.69, 9.17) is 0 Å². The van der Waals surface area contributed by atoms with Crippen LogP contribution in [0.2, 0.25) is 0 Å². The largest absolute Gasteiger partial charge is 0.494 e. The summed E-state index contributed by atoms with van der Waals surface area (Å²) in [6, 6.07) is 14.1. The third-order valence-electron chi connectivity index (χ3n) is 4.70. The smallest absolute Gasteiger partial charge is 0.258 e. The second kappa shape index (κ2) is 7.20. The molecule has 6 heteroatoms.